The van der Waals surface area contributed by atoms with Gasteiger partial charge in [-0.1, -0.05) is 6.07 Å². The van der Waals surface area contributed by atoms with Crippen LogP contribution in [-0.2, 0) is 11.2 Å². The zero-order chi connectivity index (χ0) is 12.8. The van der Waals surface area contributed by atoms with Crippen LogP contribution in [0, 0.1) is 0 Å². The minimum Gasteiger partial charge on any atom is -0.355 e. The van der Waals surface area contributed by atoms with Crippen LogP contribution in [0.1, 0.15) is 11.8 Å². The first-order valence-electron chi connectivity index (χ1n) is 6.49. The lowest BCUT2D eigenvalue weighted by Crippen LogP contribution is -2.52. The van der Waals surface area contributed by atoms with E-state index in [1.165, 1.54) is 4.88 Å². The molecule has 1 aliphatic heterocycles. The fourth-order valence-electron chi connectivity index (χ4n) is 2.14. The highest BCUT2D eigenvalue weighted by Gasteiger charge is 2.19. The van der Waals surface area contributed by atoms with Gasteiger partial charge in [-0.3, -0.25) is 9.69 Å². The normalized spacial score (nSPS) is 20.8. The van der Waals surface area contributed by atoms with Gasteiger partial charge in [0.25, 0.3) is 0 Å². The average molecular weight is 267 g/mol. The van der Waals surface area contributed by atoms with Gasteiger partial charge in [0.15, 0.2) is 0 Å². The van der Waals surface area contributed by atoms with E-state index in [0.717, 1.165) is 32.6 Å². The Morgan fingerprint density at radius 3 is 3.28 bits per heavy atom. The van der Waals surface area contributed by atoms with Crippen molar-refractivity contribution in [3.05, 3.63) is 22.4 Å². The number of thiophene rings is 1. The molecule has 0 unspecified atom stereocenters. The molecule has 0 bridgehead atoms. The third kappa shape index (κ3) is 4.08. The number of rotatable bonds is 5. The van der Waals surface area contributed by atoms with Gasteiger partial charge in [-0.05, 0) is 24.8 Å². The van der Waals surface area contributed by atoms with E-state index in [4.69, 9.17) is 0 Å². The molecule has 1 aromatic heterocycles. The predicted octanol–water partition coefficient (Wildman–Crippen LogP) is 0.701. The lowest BCUT2D eigenvalue weighted by atomic mass is 10.2. The van der Waals surface area contributed by atoms with Crippen molar-refractivity contribution in [2.75, 3.05) is 32.7 Å². The Kier molecular flexibility index (Phi) is 5.16. The number of nitrogens with zero attached hydrogens (tertiary/aromatic N) is 1. The molecule has 0 saturated carbocycles. The number of carbonyl (C=O) groups is 1. The molecule has 1 aromatic rings. The second kappa shape index (κ2) is 6.87. The van der Waals surface area contributed by atoms with E-state index in [2.05, 4.69) is 33.9 Å². The zero-order valence-electron chi connectivity index (χ0n) is 10.8. The first-order chi connectivity index (χ1) is 8.75. The topological polar surface area (TPSA) is 44.4 Å². The summed E-state index contributed by atoms with van der Waals surface area (Å²) >= 11 is 1.74. The van der Waals surface area contributed by atoms with Gasteiger partial charge in [-0.2, -0.15) is 0 Å². The third-order valence-corrected chi connectivity index (χ3v) is 4.20. The van der Waals surface area contributed by atoms with E-state index in [9.17, 15) is 4.79 Å². The molecule has 0 radical (unpaired) electrons. The lowest BCUT2D eigenvalue weighted by Gasteiger charge is -2.33. The van der Waals surface area contributed by atoms with Crippen LogP contribution >= 0.6 is 11.3 Å². The Morgan fingerprint density at radius 1 is 1.67 bits per heavy atom. The molecule has 1 fully saturated rings. The third-order valence-electron chi connectivity index (χ3n) is 3.26. The van der Waals surface area contributed by atoms with Crippen LogP contribution < -0.4 is 10.6 Å². The van der Waals surface area contributed by atoms with Gasteiger partial charge in [0.1, 0.15) is 0 Å². The summed E-state index contributed by atoms with van der Waals surface area (Å²) in [5, 5.41) is 8.39. The summed E-state index contributed by atoms with van der Waals surface area (Å²) in [6.45, 7) is 6.33. The van der Waals surface area contributed by atoms with Crippen molar-refractivity contribution in [2.24, 2.45) is 0 Å². The van der Waals surface area contributed by atoms with E-state index in [1.54, 1.807) is 11.3 Å². The maximum absolute atomic E-state index is 11.8. The molecule has 0 aliphatic carbocycles. The minimum absolute atomic E-state index is 0.139. The van der Waals surface area contributed by atoms with Crippen molar-refractivity contribution in [2.45, 2.75) is 19.4 Å². The van der Waals surface area contributed by atoms with Crippen molar-refractivity contribution in [3.8, 4) is 0 Å². The molecule has 0 aromatic carbocycles. The second-order valence-corrected chi connectivity index (χ2v) is 5.74. The van der Waals surface area contributed by atoms with E-state index >= 15 is 0 Å². The van der Waals surface area contributed by atoms with Crippen LogP contribution in [-0.4, -0.2) is 49.6 Å². The summed E-state index contributed by atoms with van der Waals surface area (Å²) < 4.78 is 0. The van der Waals surface area contributed by atoms with Crippen LogP contribution in [0.4, 0.5) is 0 Å². The smallest absolute Gasteiger partial charge is 0.234 e. The molecule has 2 N–H and O–H groups in total. The quantitative estimate of drug-likeness (QED) is 0.825. The Hall–Kier alpha value is -0.910. The molecular formula is C13H21N3OS. The Labute approximate surface area is 112 Å². The van der Waals surface area contributed by atoms with E-state index in [-0.39, 0.29) is 5.91 Å². The van der Waals surface area contributed by atoms with Crippen LogP contribution in [0.5, 0.6) is 0 Å². The van der Waals surface area contributed by atoms with Gasteiger partial charge in [0.2, 0.25) is 5.91 Å². The van der Waals surface area contributed by atoms with E-state index < -0.39 is 0 Å². The standard InChI is InChI=1S/C13H21N3OS/c1-11-9-14-6-7-16(11)10-13(17)15-5-4-12-3-2-8-18-12/h2-3,8,11,14H,4-7,9-10H2,1H3,(H,15,17)/t11-/m0/s1. The summed E-state index contributed by atoms with van der Waals surface area (Å²) in [7, 11) is 0. The predicted molar refractivity (Wildman–Crippen MR) is 74.9 cm³/mol. The van der Waals surface area contributed by atoms with Gasteiger partial charge in [0, 0.05) is 37.1 Å². The highest BCUT2D eigenvalue weighted by molar-refractivity contribution is 7.09. The fraction of sp³-hybridized carbons (Fsp3) is 0.615. The number of hydrogen-bond acceptors (Lipinski definition) is 4. The zero-order valence-corrected chi connectivity index (χ0v) is 11.6. The monoisotopic (exact) mass is 267 g/mol. The molecule has 4 nitrogen and oxygen atoms in total. The molecule has 1 atom stereocenters. The largest absolute Gasteiger partial charge is 0.355 e. The lowest BCUT2D eigenvalue weighted by molar-refractivity contribution is -0.122. The number of carbonyl (C=O) groups excluding carboxylic acids is 1. The summed E-state index contributed by atoms with van der Waals surface area (Å²) in [6, 6.07) is 4.60. The maximum Gasteiger partial charge on any atom is 0.234 e. The summed E-state index contributed by atoms with van der Waals surface area (Å²) in [5.74, 6) is 0.139. The summed E-state index contributed by atoms with van der Waals surface area (Å²) in [6.07, 6.45) is 0.931. The first-order valence-corrected chi connectivity index (χ1v) is 7.37. The number of hydrogen-bond donors (Lipinski definition) is 2. The Bertz CT molecular complexity index is 366. The van der Waals surface area contributed by atoms with Crippen molar-refractivity contribution < 1.29 is 4.79 Å². The van der Waals surface area contributed by atoms with E-state index in [0.29, 0.717) is 12.6 Å². The molecule has 0 spiro atoms. The molecule has 1 saturated heterocycles. The van der Waals surface area contributed by atoms with Crippen LogP contribution in [0.3, 0.4) is 0 Å². The van der Waals surface area contributed by atoms with Gasteiger partial charge in [0.05, 0.1) is 6.54 Å². The molecule has 1 amide bonds. The van der Waals surface area contributed by atoms with Crippen LogP contribution in [0.15, 0.2) is 17.5 Å². The highest BCUT2D eigenvalue weighted by atomic mass is 32.1. The average Bonchev–Trinajstić information content (AvgIpc) is 2.85. The molecule has 5 heteroatoms. The SMILES string of the molecule is C[C@H]1CNCCN1CC(=O)NCCc1cccs1. The Morgan fingerprint density at radius 2 is 2.56 bits per heavy atom. The molecule has 1 aliphatic rings. The Balaban J connectivity index is 1.65. The second-order valence-electron chi connectivity index (χ2n) is 4.70. The molecule has 2 heterocycles. The molecule has 18 heavy (non-hydrogen) atoms. The van der Waals surface area contributed by atoms with Gasteiger partial charge < -0.3 is 10.6 Å². The van der Waals surface area contributed by atoms with Gasteiger partial charge >= 0.3 is 0 Å². The summed E-state index contributed by atoms with van der Waals surface area (Å²) in [5.41, 5.74) is 0. The van der Waals surface area contributed by atoms with Crippen molar-refractivity contribution in [3.63, 3.8) is 0 Å². The number of amides is 1. The maximum atomic E-state index is 11.8. The summed E-state index contributed by atoms with van der Waals surface area (Å²) in [4.78, 5) is 15.4. The number of piperazine rings is 1. The van der Waals surface area contributed by atoms with E-state index in [1.807, 2.05) is 6.07 Å². The molecule has 100 valence electrons. The van der Waals surface area contributed by atoms with Crippen molar-refractivity contribution >= 4 is 17.2 Å². The van der Waals surface area contributed by atoms with Gasteiger partial charge in [-0.25, -0.2) is 0 Å². The first kappa shape index (κ1) is 13.5. The van der Waals surface area contributed by atoms with Crippen LogP contribution in [0.2, 0.25) is 0 Å². The van der Waals surface area contributed by atoms with Gasteiger partial charge in [-0.15, -0.1) is 11.3 Å². The fourth-order valence-corrected chi connectivity index (χ4v) is 2.85. The van der Waals surface area contributed by atoms with Crippen molar-refractivity contribution in [1.29, 1.82) is 0 Å². The molecular weight excluding hydrogens is 246 g/mol. The molecule has 2 rings (SSSR count). The highest BCUT2D eigenvalue weighted by Crippen LogP contribution is 2.08. The van der Waals surface area contributed by atoms with Crippen LogP contribution in [0.25, 0.3) is 0 Å². The van der Waals surface area contributed by atoms with Crippen molar-refractivity contribution in [1.82, 2.24) is 15.5 Å². The minimum atomic E-state index is 0.139. The number of nitrogens with one attached hydrogen (secondary N) is 2.